The van der Waals surface area contributed by atoms with Crippen molar-refractivity contribution in [1.82, 2.24) is 10.3 Å². The van der Waals surface area contributed by atoms with Gasteiger partial charge in [-0.05, 0) is 51.8 Å². The molecule has 0 aromatic carbocycles. The van der Waals surface area contributed by atoms with Crippen LogP contribution in [-0.2, 0) is 6.42 Å². The summed E-state index contributed by atoms with van der Waals surface area (Å²) in [6.45, 7) is 4.28. The number of aromatic amines is 1. The Hall–Kier alpha value is -0.760. The predicted octanol–water partition coefficient (Wildman–Crippen LogP) is 1.93. The second-order valence-corrected chi connectivity index (χ2v) is 4.31. The Bertz CT molecular complexity index is 308. The molecule has 2 N–H and O–H groups in total. The third kappa shape index (κ3) is 1.63. The molecule has 0 saturated heterocycles. The zero-order valence-electron chi connectivity index (χ0n) is 8.70. The fourth-order valence-electron chi connectivity index (χ4n) is 2.00. The first kappa shape index (κ1) is 8.82. The summed E-state index contributed by atoms with van der Waals surface area (Å²) in [6.07, 6.45) is 3.83. The second-order valence-electron chi connectivity index (χ2n) is 4.31. The first-order valence-corrected chi connectivity index (χ1v) is 4.99. The van der Waals surface area contributed by atoms with Crippen LogP contribution in [0, 0.1) is 13.8 Å². The number of likely N-dealkylation sites (N-methyl/N-ethyl adjacent to an activating group) is 1. The van der Waals surface area contributed by atoms with Gasteiger partial charge in [0.1, 0.15) is 0 Å². The summed E-state index contributed by atoms with van der Waals surface area (Å²) in [7, 11) is 2.07. The minimum absolute atomic E-state index is 0.430. The number of H-pyrrole nitrogens is 1. The summed E-state index contributed by atoms with van der Waals surface area (Å²) in [5.74, 6) is 0. The minimum atomic E-state index is 0.430. The van der Waals surface area contributed by atoms with Gasteiger partial charge in [0.05, 0.1) is 0 Å². The highest BCUT2D eigenvalue weighted by molar-refractivity contribution is 5.28. The van der Waals surface area contributed by atoms with Crippen LogP contribution in [0.3, 0.4) is 0 Å². The van der Waals surface area contributed by atoms with E-state index >= 15 is 0 Å². The van der Waals surface area contributed by atoms with Gasteiger partial charge in [-0.15, -0.1) is 0 Å². The molecular weight excluding hydrogens is 160 g/mol. The maximum absolute atomic E-state index is 3.42. The lowest BCUT2D eigenvalue weighted by molar-refractivity contribution is 0.547. The van der Waals surface area contributed by atoms with Crippen molar-refractivity contribution in [2.45, 2.75) is 38.6 Å². The van der Waals surface area contributed by atoms with E-state index in [9.17, 15) is 0 Å². The smallest absolute Gasteiger partial charge is 0.0220 e. The van der Waals surface area contributed by atoms with Crippen LogP contribution >= 0.6 is 0 Å². The summed E-state index contributed by atoms with van der Waals surface area (Å²) < 4.78 is 0. The molecule has 0 unspecified atom stereocenters. The van der Waals surface area contributed by atoms with Crippen LogP contribution in [0.25, 0.3) is 0 Å². The zero-order valence-corrected chi connectivity index (χ0v) is 8.70. The van der Waals surface area contributed by atoms with Crippen LogP contribution < -0.4 is 5.32 Å². The lowest BCUT2D eigenvalue weighted by atomic mass is 10.1. The van der Waals surface area contributed by atoms with Crippen molar-refractivity contribution in [2.24, 2.45) is 0 Å². The van der Waals surface area contributed by atoms with Crippen LogP contribution in [0.15, 0.2) is 6.07 Å². The topological polar surface area (TPSA) is 27.8 Å². The lowest BCUT2D eigenvalue weighted by Gasteiger charge is -2.13. The normalized spacial score (nSPS) is 19.0. The predicted molar refractivity (Wildman–Crippen MR) is 55.0 cm³/mol. The number of aromatic nitrogens is 1. The van der Waals surface area contributed by atoms with Crippen LogP contribution in [0.1, 0.15) is 29.8 Å². The highest BCUT2D eigenvalue weighted by atomic mass is 15.0. The minimum Gasteiger partial charge on any atom is -0.362 e. The molecule has 72 valence electrons. The number of rotatable bonds is 3. The summed E-state index contributed by atoms with van der Waals surface area (Å²) in [4.78, 5) is 3.35. The summed E-state index contributed by atoms with van der Waals surface area (Å²) in [5, 5.41) is 3.42. The Morgan fingerprint density at radius 3 is 2.54 bits per heavy atom. The summed E-state index contributed by atoms with van der Waals surface area (Å²) in [5.41, 5.74) is 4.52. The van der Waals surface area contributed by atoms with Gasteiger partial charge < -0.3 is 10.3 Å². The molecule has 1 aliphatic carbocycles. The van der Waals surface area contributed by atoms with E-state index in [0.29, 0.717) is 5.54 Å². The Kier molecular flexibility index (Phi) is 1.95. The molecule has 1 aliphatic rings. The van der Waals surface area contributed by atoms with Crippen molar-refractivity contribution in [3.05, 3.63) is 23.0 Å². The average Bonchev–Trinajstić information content (AvgIpc) is 2.77. The van der Waals surface area contributed by atoms with Crippen LogP contribution in [-0.4, -0.2) is 17.6 Å². The van der Waals surface area contributed by atoms with E-state index in [-0.39, 0.29) is 0 Å². The lowest BCUT2D eigenvalue weighted by Crippen LogP contribution is -2.29. The first-order chi connectivity index (χ1) is 6.15. The Morgan fingerprint density at radius 2 is 2.15 bits per heavy atom. The van der Waals surface area contributed by atoms with E-state index in [0.717, 1.165) is 0 Å². The molecule has 0 atom stereocenters. The highest BCUT2D eigenvalue weighted by Crippen LogP contribution is 2.38. The quantitative estimate of drug-likeness (QED) is 0.727. The molecule has 0 amide bonds. The molecule has 0 radical (unpaired) electrons. The fourth-order valence-corrected chi connectivity index (χ4v) is 2.00. The molecule has 2 rings (SSSR count). The van der Waals surface area contributed by atoms with E-state index in [1.807, 2.05) is 0 Å². The van der Waals surface area contributed by atoms with Gasteiger partial charge >= 0.3 is 0 Å². The number of nitrogens with one attached hydrogen (secondary N) is 2. The van der Waals surface area contributed by atoms with Gasteiger partial charge in [0.25, 0.3) is 0 Å². The van der Waals surface area contributed by atoms with Gasteiger partial charge in [0.2, 0.25) is 0 Å². The van der Waals surface area contributed by atoms with Crippen molar-refractivity contribution in [3.8, 4) is 0 Å². The SMILES string of the molecule is CNC1(Cc2cc(C)[nH]c2C)CC1. The Labute approximate surface area is 79.7 Å². The van der Waals surface area contributed by atoms with Crippen molar-refractivity contribution in [2.75, 3.05) is 7.05 Å². The molecule has 1 heterocycles. The van der Waals surface area contributed by atoms with Gasteiger partial charge in [-0.1, -0.05) is 0 Å². The molecule has 2 nitrogen and oxygen atoms in total. The van der Waals surface area contributed by atoms with Gasteiger partial charge in [0, 0.05) is 16.9 Å². The third-order valence-corrected chi connectivity index (χ3v) is 3.17. The van der Waals surface area contributed by atoms with Gasteiger partial charge in [-0.3, -0.25) is 0 Å². The first-order valence-electron chi connectivity index (χ1n) is 4.99. The molecule has 0 spiro atoms. The van der Waals surface area contributed by atoms with E-state index < -0.39 is 0 Å². The molecule has 1 fully saturated rings. The van der Waals surface area contributed by atoms with Crippen molar-refractivity contribution in [3.63, 3.8) is 0 Å². The average molecular weight is 178 g/mol. The molecule has 1 saturated carbocycles. The maximum atomic E-state index is 3.42. The van der Waals surface area contributed by atoms with Crippen molar-refractivity contribution < 1.29 is 0 Å². The van der Waals surface area contributed by atoms with Gasteiger partial charge in [-0.25, -0.2) is 0 Å². The second kappa shape index (κ2) is 2.88. The van der Waals surface area contributed by atoms with E-state index in [1.165, 1.54) is 36.2 Å². The molecule has 0 aliphatic heterocycles. The monoisotopic (exact) mass is 178 g/mol. The number of hydrogen-bond acceptors (Lipinski definition) is 1. The fraction of sp³-hybridized carbons (Fsp3) is 0.636. The molecule has 0 bridgehead atoms. The zero-order chi connectivity index (χ0) is 9.47. The van der Waals surface area contributed by atoms with Crippen molar-refractivity contribution >= 4 is 0 Å². The largest absolute Gasteiger partial charge is 0.362 e. The number of aryl methyl sites for hydroxylation is 2. The highest BCUT2D eigenvalue weighted by Gasteiger charge is 2.41. The molecule has 13 heavy (non-hydrogen) atoms. The molecule has 1 aromatic rings. The standard InChI is InChI=1S/C11H18N2/c1-8-6-10(9(2)13-8)7-11(12-3)4-5-11/h6,12-13H,4-5,7H2,1-3H3. The van der Waals surface area contributed by atoms with Crippen molar-refractivity contribution in [1.29, 1.82) is 0 Å². The van der Waals surface area contributed by atoms with Crippen LogP contribution in [0.4, 0.5) is 0 Å². The summed E-state index contributed by atoms with van der Waals surface area (Å²) >= 11 is 0. The van der Waals surface area contributed by atoms with E-state index in [4.69, 9.17) is 0 Å². The summed E-state index contributed by atoms with van der Waals surface area (Å²) in [6, 6.07) is 2.27. The maximum Gasteiger partial charge on any atom is 0.0220 e. The Balaban J connectivity index is 2.13. The third-order valence-electron chi connectivity index (χ3n) is 3.17. The van der Waals surface area contributed by atoms with E-state index in [2.05, 4.69) is 37.3 Å². The van der Waals surface area contributed by atoms with E-state index in [1.54, 1.807) is 0 Å². The molecule has 2 heteroatoms. The molecule has 1 aromatic heterocycles. The number of hydrogen-bond donors (Lipinski definition) is 2. The van der Waals surface area contributed by atoms with Crippen LogP contribution in [0.5, 0.6) is 0 Å². The van der Waals surface area contributed by atoms with Gasteiger partial charge in [0.15, 0.2) is 0 Å². The Morgan fingerprint density at radius 1 is 1.46 bits per heavy atom. The van der Waals surface area contributed by atoms with Crippen LogP contribution in [0.2, 0.25) is 0 Å². The molecular formula is C11H18N2. The van der Waals surface area contributed by atoms with Gasteiger partial charge in [-0.2, -0.15) is 0 Å².